The van der Waals surface area contributed by atoms with Crippen LogP contribution in [0, 0.1) is 0 Å². The van der Waals surface area contributed by atoms with E-state index in [1.54, 1.807) is 0 Å². The number of hydrogen-bond acceptors (Lipinski definition) is 5. The maximum atomic E-state index is 11.7. The first-order chi connectivity index (χ1) is 12.1. The number of hydrogen-bond donors (Lipinski definition) is 0. The van der Waals surface area contributed by atoms with Crippen LogP contribution in [0.2, 0.25) is 0 Å². The Morgan fingerprint density at radius 2 is 1.44 bits per heavy atom. The van der Waals surface area contributed by atoms with E-state index in [2.05, 4.69) is 18.4 Å². The summed E-state index contributed by atoms with van der Waals surface area (Å²) in [7, 11) is 0. The number of nitrogens with zero attached hydrogens (tertiary/aromatic N) is 1. The molecule has 0 aromatic heterocycles. The van der Waals surface area contributed by atoms with Crippen molar-refractivity contribution >= 4 is 11.9 Å². The first-order valence-electron chi connectivity index (χ1n) is 9.86. The minimum atomic E-state index is -0.498. The van der Waals surface area contributed by atoms with E-state index in [9.17, 15) is 9.59 Å². The molecule has 25 heavy (non-hydrogen) atoms. The second kappa shape index (κ2) is 13.9. The van der Waals surface area contributed by atoms with Gasteiger partial charge >= 0.3 is 11.9 Å². The van der Waals surface area contributed by atoms with Gasteiger partial charge in [-0.2, -0.15) is 0 Å². The van der Waals surface area contributed by atoms with Crippen LogP contribution in [-0.4, -0.2) is 49.7 Å². The number of esters is 2. The number of ether oxygens (including phenoxy) is 2. The molecule has 1 fully saturated rings. The summed E-state index contributed by atoms with van der Waals surface area (Å²) in [6, 6.07) is 0. The van der Waals surface area contributed by atoms with Gasteiger partial charge in [0.15, 0.2) is 0 Å². The minimum absolute atomic E-state index is 0.0862. The fourth-order valence-electron chi connectivity index (χ4n) is 2.94. The Bertz CT molecular complexity index is 409. The molecule has 5 nitrogen and oxygen atoms in total. The van der Waals surface area contributed by atoms with Gasteiger partial charge in [0.2, 0.25) is 0 Å². The zero-order chi connectivity index (χ0) is 18.3. The Morgan fingerprint density at radius 1 is 0.880 bits per heavy atom. The van der Waals surface area contributed by atoms with E-state index in [0.29, 0.717) is 26.3 Å². The van der Waals surface area contributed by atoms with Crippen molar-refractivity contribution in [2.75, 3.05) is 32.8 Å². The van der Waals surface area contributed by atoms with E-state index in [0.717, 1.165) is 13.0 Å². The molecule has 1 aliphatic heterocycles. The van der Waals surface area contributed by atoms with Gasteiger partial charge in [-0.25, -0.2) is 4.79 Å². The number of rotatable bonds is 10. The van der Waals surface area contributed by atoms with Crippen LogP contribution < -0.4 is 0 Å². The Hall–Kier alpha value is -1.36. The van der Waals surface area contributed by atoms with E-state index < -0.39 is 11.9 Å². The summed E-state index contributed by atoms with van der Waals surface area (Å²) in [5, 5.41) is 0. The van der Waals surface area contributed by atoms with Gasteiger partial charge < -0.3 is 9.47 Å². The van der Waals surface area contributed by atoms with Gasteiger partial charge in [-0.3, -0.25) is 9.69 Å². The van der Waals surface area contributed by atoms with Crippen molar-refractivity contribution in [3.8, 4) is 0 Å². The van der Waals surface area contributed by atoms with E-state index in [1.165, 1.54) is 51.4 Å². The predicted molar refractivity (Wildman–Crippen MR) is 99.3 cm³/mol. The third-order valence-electron chi connectivity index (χ3n) is 4.54. The largest absolute Gasteiger partial charge is 0.464 e. The molecule has 0 atom stereocenters. The van der Waals surface area contributed by atoms with Crippen LogP contribution in [0.4, 0.5) is 0 Å². The summed E-state index contributed by atoms with van der Waals surface area (Å²) in [4.78, 5) is 25.5. The summed E-state index contributed by atoms with van der Waals surface area (Å²) >= 11 is 0. The second-order valence-electron chi connectivity index (χ2n) is 6.81. The predicted octanol–water partition coefficient (Wildman–Crippen LogP) is 3.87. The van der Waals surface area contributed by atoms with Gasteiger partial charge in [0.25, 0.3) is 0 Å². The molecule has 0 aliphatic carbocycles. The molecule has 0 aromatic carbocycles. The van der Waals surface area contributed by atoms with Crippen LogP contribution >= 0.6 is 0 Å². The van der Waals surface area contributed by atoms with Crippen molar-refractivity contribution in [3.63, 3.8) is 0 Å². The van der Waals surface area contributed by atoms with Crippen LogP contribution in [0.1, 0.15) is 71.1 Å². The fourth-order valence-corrected chi connectivity index (χ4v) is 2.94. The zero-order valence-electron chi connectivity index (χ0n) is 15.9. The summed E-state index contributed by atoms with van der Waals surface area (Å²) in [5.74, 6) is -0.909. The Kier molecular flexibility index (Phi) is 12.0. The highest BCUT2D eigenvalue weighted by molar-refractivity contribution is 5.93. The normalized spacial score (nSPS) is 17.7. The molecule has 0 saturated carbocycles. The lowest BCUT2D eigenvalue weighted by atomic mass is 10.1. The number of carbonyl (C=O) groups is 2. The van der Waals surface area contributed by atoms with Crippen molar-refractivity contribution in [1.29, 1.82) is 0 Å². The third kappa shape index (κ3) is 11.0. The lowest BCUT2D eigenvalue weighted by molar-refractivity contribution is -0.145. The number of carbonyl (C=O) groups excluding carboxylic acids is 2. The maximum absolute atomic E-state index is 11.7. The summed E-state index contributed by atoms with van der Waals surface area (Å²) in [6.07, 6.45) is 11.6. The van der Waals surface area contributed by atoms with E-state index in [-0.39, 0.29) is 12.0 Å². The highest BCUT2D eigenvalue weighted by atomic mass is 16.5. The molecule has 0 bridgehead atoms. The van der Waals surface area contributed by atoms with Crippen molar-refractivity contribution in [1.82, 2.24) is 4.90 Å². The molecule has 0 amide bonds. The Labute approximate surface area is 152 Å². The lowest BCUT2D eigenvalue weighted by Gasteiger charge is -2.21. The molecule has 0 spiro atoms. The average Bonchev–Trinajstić information content (AvgIpc) is 2.61. The van der Waals surface area contributed by atoms with Crippen LogP contribution in [0.5, 0.6) is 0 Å². The van der Waals surface area contributed by atoms with Gasteiger partial charge in [-0.15, -0.1) is 0 Å². The van der Waals surface area contributed by atoms with Gasteiger partial charge in [0, 0.05) is 18.7 Å². The molecule has 1 rings (SSSR count). The highest BCUT2D eigenvalue weighted by Gasteiger charge is 2.17. The zero-order valence-corrected chi connectivity index (χ0v) is 15.9. The second-order valence-corrected chi connectivity index (χ2v) is 6.81. The number of unbranched alkanes of at least 4 members (excludes halogenated alkanes) is 8. The number of cyclic esters (lactones) is 2. The standard InChI is InChI=1S/C20H35NO4/c1-3-4-5-6-7-8-9-10-11-12-21-13-15-24-19(22)17-18(2)20(23)25-16-14-21/h2-17H2,1H3. The molecular weight excluding hydrogens is 318 g/mol. The molecule has 1 saturated heterocycles. The molecule has 0 unspecified atom stereocenters. The van der Waals surface area contributed by atoms with Gasteiger partial charge in [-0.1, -0.05) is 64.9 Å². The molecule has 0 radical (unpaired) electrons. The first-order valence-corrected chi connectivity index (χ1v) is 9.86. The third-order valence-corrected chi connectivity index (χ3v) is 4.54. The smallest absolute Gasteiger partial charge is 0.334 e. The average molecular weight is 354 g/mol. The highest BCUT2D eigenvalue weighted by Crippen LogP contribution is 2.10. The van der Waals surface area contributed by atoms with Crippen LogP contribution in [0.3, 0.4) is 0 Å². The molecule has 1 aliphatic rings. The molecule has 0 aromatic rings. The van der Waals surface area contributed by atoms with Gasteiger partial charge in [0.05, 0.1) is 6.42 Å². The molecule has 1 heterocycles. The Balaban J connectivity index is 2.17. The molecular formula is C20H35NO4. The van der Waals surface area contributed by atoms with Crippen molar-refractivity contribution in [2.45, 2.75) is 71.1 Å². The molecule has 144 valence electrons. The Morgan fingerprint density at radius 3 is 2.08 bits per heavy atom. The van der Waals surface area contributed by atoms with Crippen molar-refractivity contribution in [3.05, 3.63) is 12.2 Å². The maximum Gasteiger partial charge on any atom is 0.334 e. The summed E-state index contributed by atoms with van der Waals surface area (Å²) in [5.41, 5.74) is 0.164. The topological polar surface area (TPSA) is 55.8 Å². The molecule has 0 N–H and O–H groups in total. The van der Waals surface area contributed by atoms with Crippen LogP contribution in [-0.2, 0) is 19.1 Å². The minimum Gasteiger partial charge on any atom is -0.464 e. The van der Waals surface area contributed by atoms with Gasteiger partial charge in [-0.05, 0) is 13.0 Å². The van der Waals surface area contributed by atoms with Gasteiger partial charge in [0.1, 0.15) is 13.2 Å². The van der Waals surface area contributed by atoms with E-state index in [4.69, 9.17) is 9.47 Å². The first kappa shape index (κ1) is 21.7. The van der Waals surface area contributed by atoms with Crippen LogP contribution in [0.15, 0.2) is 12.2 Å². The van der Waals surface area contributed by atoms with Crippen LogP contribution in [0.25, 0.3) is 0 Å². The quantitative estimate of drug-likeness (QED) is 0.339. The summed E-state index contributed by atoms with van der Waals surface area (Å²) < 4.78 is 10.3. The van der Waals surface area contributed by atoms with E-state index >= 15 is 0 Å². The van der Waals surface area contributed by atoms with E-state index in [1.807, 2.05) is 0 Å². The fraction of sp³-hybridized carbons (Fsp3) is 0.800. The van der Waals surface area contributed by atoms with Crippen molar-refractivity contribution < 1.29 is 19.1 Å². The van der Waals surface area contributed by atoms with Crippen molar-refractivity contribution in [2.24, 2.45) is 0 Å². The SMILES string of the molecule is C=C1CC(=O)OCCN(CCCCCCCCCCC)CCOC1=O. The molecule has 5 heteroatoms. The monoisotopic (exact) mass is 353 g/mol. The summed E-state index contributed by atoms with van der Waals surface area (Å²) in [6.45, 7) is 8.83. The lowest BCUT2D eigenvalue weighted by Crippen LogP contribution is -2.32.